The van der Waals surface area contributed by atoms with E-state index in [0.717, 1.165) is 32.5 Å². The van der Waals surface area contributed by atoms with E-state index in [4.69, 9.17) is 10.2 Å². The third kappa shape index (κ3) is 5.15. The van der Waals surface area contributed by atoms with Gasteiger partial charge in [0.2, 0.25) is 0 Å². The maximum Gasteiger partial charge on any atom is 0.192 e. The number of benzene rings is 1. The van der Waals surface area contributed by atoms with E-state index in [1.807, 2.05) is 0 Å². The summed E-state index contributed by atoms with van der Waals surface area (Å²) in [4.78, 5) is 2.52. The Morgan fingerprint density at radius 2 is 1.83 bits per heavy atom. The van der Waals surface area contributed by atoms with Crippen molar-refractivity contribution in [1.29, 1.82) is 0 Å². The molecule has 3 nitrogen and oxygen atoms in total. The molecule has 1 aromatic carbocycles. The Morgan fingerprint density at radius 3 is 2.43 bits per heavy atom. The lowest BCUT2D eigenvalue weighted by atomic mass is 9.98. The highest BCUT2D eigenvalue weighted by Crippen LogP contribution is 2.37. The molecule has 2 N–H and O–H groups in total. The maximum absolute atomic E-state index is 6.49. The summed E-state index contributed by atoms with van der Waals surface area (Å²) in [5.41, 5.74) is 7.58. The average molecular weight is 335 g/mol. The summed E-state index contributed by atoms with van der Waals surface area (Å²) < 4.78 is 6.49. The Hall–Kier alpha value is -0.683. The molecule has 2 rings (SSSR count). The van der Waals surface area contributed by atoms with Crippen LogP contribution >= 0.6 is 0 Å². The van der Waals surface area contributed by atoms with Gasteiger partial charge in [0, 0.05) is 31.8 Å². The molecular formula is C19H34N2OSi. The topological polar surface area (TPSA) is 38.5 Å². The van der Waals surface area contributed by atoms with E-state index in [2.05, 4.69) is 69.1 Å². The second kappa shape index (κ2) is 7.47. The van der Waals surface area contributed by atoms with Crippen LogP contribution in [0.25, 0.3) is 0 Å². The van der Waals surface area contributed by atoms with E-state index in [1.54, 1.807) is 0 Å². The molecule has 4 heteroatoms. The number of hydrogen-bond donors (Lipinski definition) is 1. The zero-order valence-corrected chi connectivity index (χ0v) is 16.5. The van der Waals surface area contributed by atoms with Gasteiger partial charge in [-0.25, -0.2) is 0 Å². The molecule has 0 amide bonds. The van der Waals surface area contributed by atoms with Gasteiger partial charge in [0.05, 0.1) is 0 Å². The van der Waals surface area contributed by atoms with Gasteiger partial charge in [-0.1, -0.05) is 51.1 Å². The summed E-state index contributed by atoms with van der Waals surface area (Å²) in [5.74, 6) is 0. The van der Waals surface area contributed by atoms with Gasteiger partial charge in [0.25, 0.3) is 0 Å². The van der Waals surface area contributed by atoms with E-state index >= 15 is 0 Å². The summed E-state index contributed by atoms with van der Waals surface area (Å²) in [6.07, 6.45) is 2.25. The van der Waals surface area contributed by atoms with Crippen molar-refractivity contribution in [3.05, 3.63) is 35.9 Å². The number of nitrogens with zero attached hydrogens (tertiary/aromatic N) is 1. The fraction of sp³-hybridized carbons (Fsp3) is 0.684. The van der Waals surface area contributed by atoms with E-state index in [1.165, 1.54) is 5.56 Å². The van der Waals surface area contributed by atoms with Crippen LogP contribution in [0.1, 0.15) is 39.2 Å². The molecule has 1 aliphatic heterocycles. The third-order valence-corrected chi connectivity index (χ3v) is 10.0. The molecule has 130 valence electrons. The largest absolute Gasteiger partial charge is 0.415 e. The monoisotopic (exact) mass is 334 g/mol. The summed E-state index contributed by atoms with van der Waals surface area (Å²) in [6, 6.07) is 11.5. The molecule has 0 aromatic heterocycles. The summed E-state index contributed by atoms with van der Waals surface area (Å²) >= 11 is 0. The van der Waals surface area contributed by atoms with Gasteiger partial charge in [-0.15, -0.1) is 0 Å². The van der Waals surface area contributed by atoms with Crippen LogP contribution in [0.15, 0.2) is 30.3 Å². The molecule has 0 unspecified atom stereocenters. The van der Waals surface area contributed by atoms with Crippen LogP contribution in [0.5, 0.6) is 0 Å². The maximum atomic E-state index is 6.49. The molecule has 1 fully saturated rings. The SMILES string of the molecule is CC(C)(C)[Si](C)(C)OC[C@@H]1CC[C@@H](N)CN1Cc1ccccc1. The van der Waals surface area contributed by atoms with Crippen LogP contribution in [-0.2, 0) is 11.0 Å². The lowest BCUT2D eigenvalue weighted by Crippen LogP contribution is -2.52. The van der Waals surface area contributed by atoms with Crippen LogP contribution in [0, 0.1) is 0 Å². The fourth-order valence-electron chi connectivity index (χ4n) is 2.85. The molecule has 2 atom stereocenters. The van der Waals surface area contributed by atoms with Crippen molar-refractivity contribution in [3.8, 4) is 0 Å². The Balaban J connectivity index is 2.00. The highest BCUT2D eigenvalue weighted by molar-refractivity contribution is 6.74. The van der Waals surface area contributed by atoms with Crippen LogP contribution in [-0.4, -0.2) is 38.5 Å². The van der Waals surface area contributed by atoms with Gasteiger partial charge in [-0.2, -0.15) is 0 Å². The predicted octanol–water partition coefficient (Wildman–Crippen LogP) is 4.00. The summed E-state index contributed by atoms with van der Waals surface area (Å²) in [6.45, 7) is 14.4. The molecule has 1 saturated heterocycles. The van der Waals surface area contributed by atoms with Crippen molar-refractivity contribution in [3.63, 3.8) is 0 Å². The Kier molecular flexibility index (Phi) is 6.06. The van der Waals surface area contributed by atoms with Gasteiger partial charge >= 0.3 is 0 Å². The van der Waals surface area contributed by atoms with E-state index < -0.39 is 8.32 Å². The van der Waals surface area contributed by atoms with Crippen molar-refractivity contribution < 1.29 is 4.43 Å². The highest BCUT2D eigenvalue weighted by atomic mass is 28.4. The Morgan fingerprint density at radius 1 is 1.17 bits per heavy atom. The number of hydrogen-bond acceptors (Lipinski definition) is 3. The molecule has 1 aliphatic rings. The van der Waals surface area contributed by atoms with Crippen LogP contribution in [0.2, 0.25) is 18.1 Å². The number of rotatable bonds is 5. The third-order valence-electron chi connectivity index (χ3n) is 5.53. The first-order valence-electron chi connectivity index (χ1n) is 8.86. The lowest BCUT2D eigenvalue weighted by molar-refractivity contribution is 0.0788. The first kappa shape index (κ1) is 18.7. The molecule has 0 aliphatic carbocycles. The molecule has 1 heterocycles. The smallest absolute Gasteiger partial charge is 0.192 e. The minimum Gasteiger partial charge on any atom is -0.415 e. The predicted molar refractivity (Wildman–Crippen MR) is 101 cm³/mol. The zero-order valence-electron chi connectivity index (χ0n) is 15.5. The molecule has 0 spiro atoms. The van der Waals surface area contributed by atoms with E-state index in [-0.39, 0.29) is 5.04 Å². The van der Waals surface area contributed by atoms with Gasteiger partial charge in [-0.3, -0.25) is 4.90 Å². The minimum atomic E-state index is -1.69. The number of likely N-dealkylation sites (tertiary alicyclic amines) is 1. The second-order valence-corrected chi connectivity index (χ2v) is 13.3. The standard InChI is InChI=1S/C19H34N2OSi/c1-19(2,3)23(4,5)22-15-18-12-11-17(20)14-21(18)13-16-9-7-6-8-10-16/h6-10,17-18H,11-15,20H2,1-5H3/t17-,18+/m1/s1. The normalized spacial score (nSPS) is 23.9. The van der Waals surface area contributed by atoms with Crippen LogP contribution in [0.3, 0.4) is 0 Å². The highest BCUT2D eigenvalue weighted by Gasteiger charge is 2.38. The molecule has 0 saturated carbocycles. The Labute approximate surface area is 143 Å². The molecule has 1 aromatic rings. The van der Waals surface area contributed by atoms with Crippen molar-refractivity contribution >= 4 is 8.32 Å². The van der Waals surface area contributed by atoms with Gasteiger partial charge in [0.15, 0.2) is 8.32 Å². The first-order valence-corrected chi connectivity index (χ1v) is 11.8. The van der Waals surface area contributed by atoms with Gasteiger partial charge in [-0.05, 0) is 36.5 Å². The zero-order chi connectivity index (χ0) is 17.1. The summed E-state index contributed by atoms with van der Waals surface area (Å²) in [5, 5.41) is 0.266. The van der Waals surface area contributed by atoms with Gasteiger partial charge in [0.1, 0.15) is 0 Å². The molecule has 0 radical (unpaired) electrons. The fourth-order valence-corrected chi connectivity index (χ4v) is 3.89. The lowest BCUT2D eigenvalue weighted by Gasteiger charge is -2.42. The van der Waals surface area contributed by atoms with Crippen molar-refractivity contribution in [2.24, 2.45) is 5.73 Å². The average Bonchev–Trinajstić information content (AvgIpc) is 2.46. The quantitative estimate of drug-likeness (QED) is 0.827. The second-order valence-electron chi connectivity index (χ2n) is 8.48. The van der Waals surface area contributed by atoms with Crippen molar-refractivity contribution in [2.75, 3.05) is 13.2 Å². The van der Waals surface area contributed by atoms with Crippen LogP contribution < -0.4 is 5.73 Å². The van der Waals surface area contributed by atoms with Crippen molar-refractivity contribution in [2.45, 2.75) is 70.4 Å². The molecule has 23 heavy (non-hydrogen) atoms. The van der Waals surface area contributed by atoms with Gasteiger partial charge < -0.3 is 10.2 Å². The summed E-state index contributed by atoms with van der Waals surface area (Å²) in [7, 11) is -1.69. The molecule has 0 bridgehead atoms. The van der Waals surface area contributed by atoms with Crippen molar-refractivity contribution in [1.82, 2.24) is 4.90 Å². The number of piperidine rings is 1. The van der Waals surface area contributed by atoms with E-state index in [9.17, 15) is 0 Å². The van der Waals surface area contributed by atoms with Crippen LogP contribution in [0.4, 0.5) is 0 Å². The molecular weight excluding hydrogens is 300 g/mol. The Bertz CT molecular complexity index is 484. The first-order chi connectivity index (χ1) is 10.7. The van der Waals surface area contributed by atoms with E-state index in [0.29, 0.717) is 12.1 Å². The minimum absolute atomic E-state index is 0.266. The number of nitrogens with two attached hydrogens (primary N) is 1.